The quantitative estimate of drug-likeness (QED) is 0.761. The van der Waals surface area contributed by atoms with Crippen LogP contribution in [0.4, 0.5) is 5.69 Å². The molecule has 0 fully saturated rings. The number of anilines is 1. The van der Waals surface area contributed by atoms with E-state index in [1.54, 1.807) is 0 Å². The zero-order valence-corrected chi connectivity index (χ0v) is 12.8. The molecule has 2 nitrogen and oxygen atoms in total. The van der Waals surface area contributed by atoms with Crippen molar-refractivity contribution >= 4 is 17.5 Å². The lowest BCUT2D eigenvalue weighted by atomic mass is 9.98. The van der Waals surface area contributed by atoms with E-state index in [0.29, 0.717) is 0 Å². The van der Waals surface area contributed by atoms with E-state index in [4.69, 9.17) is 0 Å². The SMILES string of the molecule is CC(/C=C/c1ccccc1)C(=O)c1ccc(N(C)C)cc1. The van der Waals surface area contributed by atoms with E-state index in [0.717, 1.165) is 16.8 Å². The zero-order chi connectivity index (χ0) is 15.2. The number of nitrogens with zero attached hydrogens (tertiary/aromatic N) is 1. The smallest absolute Gasteiger partial charge is 0.169 e. The minimum atomic E-state index is -0.129. The molecule has 0 bridgehead atoms. The Kier molecular flexibility index (Phi) is 4.94. The number of allylic oxidation sites excluding steroid dienone is 1. The molecule has 2 aromatic carbocycles. The molecule has 2 aromatic rings. The molecule has 108 valence electrons. The maximum atomic E-state index is 12.4. The van der Waals surface area contributed by atoms with Crippen LogP contribution >= 0.6 is 0 Å². The summed E-state index contributed by atoms with van der Waals surface area (Å²) in [4.78, 5) is 14.4. The van der Waals surface area contributed by atoms with Crippen molar-refractivity contribution in [2.45, 2.75) is 6.92 Å². The van der Waals surface area contributed by atoms with E-state index in [1.807, 2.05) is 92.7 Å². The highest BCUT2D eigenvalue weighted by Crippen LogP contribution is 2.16. The highest BCUT2D eigenvalue weighted by molar-refractivity contribution is 5.99. The van der Waals surface area contributed by atoms with Gasteiger partial charge in [-0.05, 0) is 29.8 Å². The normalized spacial score (nSPS) is 12.3. The Morgan fingerprint density at radius 1 is 1.00 bits per heavy atom. The molecule has 0 aliphatic carbocycles. The maximum absolute atomic E-state index is 12.4. The average Bonchev–Trinajstić information content (AvgIpc) is 2.53. The van der Waals surface area contributed by atoms with E-state index in [-0.39, 0.29) is 11.7 Å². The van der Waals surface area contributed by atoms with Crippen molar-refractivity contribution in [3.8, 4) is 0 Å². The Balaban J connectivity index is 2.07. The molecule has 0 saturated carbocycles. The lowest BCUT2D eigenvalue weighted by Gasteiger charge is -2.13. The van der Waals surface area contributed by atoms with Gasteiger partial charge >= 0.3 is 0 Å². The lowest BCUT2D eigenvalue weighted by Crippen LogP contribution is -2.11. The van der Waals surface area contributed by atoms with Crippen molar-refractivity contribution in [2.24, 2.45) is 5.92 Å². The van der Waals surface area contributed by atoms with Crippen LogP contribution < -0.4 is 4.90 Å². The molecule has 21 heavy (non-hydrogen) atoms. The molecule has 0 heterocycles. The van der Waals surface area contributed by atoms with Gasteiger partial charge in [0.2, 0.25) is 0 Å². The third-order valence-corrected chi connectivity index (χ3v) is 3.46. The largest absolute Gasteiger partial charge is 0.378 e. The van der Waals surface area contributed by atoms with Crippen LogP contribution in [-0.4, -0.2) is 19.9 Å². The van der Waals surface area contributed by atoms with Crippen LogP contribution in [0.5, 0.6) is 0 Å². The third kappa shape index (κ3) is 4.06. The molecule has 0 N–H and O–H groups in total. The van der Waals surface area contributed by atoms with Crippen LogP contribution in [0, 0.1) is 5.92 Å². The van der Waals surface area contributed by atoms with Crippen molar-refractivity contribution in [2.75, 3.05) is 19.0 Å². The second kappa shape index (κ2) is 6.89. The molecule has 0 aliphatic rings. The molecule has 0 aliphatic heterocycles. The van der Waals surface area contributed by atoms with Gasteiger partial charge < -0.3 is 4.90 Å². The van der Waals surface area contributed by atoms with Crippen molar-refractivity contribution in [3.05, 3.63) is 71.8 Å². The van der Waals surface area contributed by atoms with E-state index < -0.39 is 0 Å². The number of carbonyl (C=O) groups excluding carboxylic acids is 1. The van der Waals surface area contributed by atoms with Crippen LogP contribution in [-0.2, 0) is 0 Å². The average molecular weight is 279 g/mol. The minimum Gasteiger partial charge on any atom is -0.378 e. The van der Waals surface area contributed by atoms with Crippen LogP contribution in [0.3, 0.4) is 0 Å². The number of Topliss-reactive ketones (excluding diaryl/α,β-unsaturated/α-hetero) is 1. The van der Waals surface area contributed by atoms with Crippen LogP contribution in [0.2, 0.25) is 0 Å². The molecular weight excluding hydrogens is 258 g/mol. The van der Waals surface area contributed by atoms with Crippen molar-refractivity contribution in [1.29, 1.82) is 0 Å². The first-order chi connectivity index (χ1) is 10.1. The number of benzene rings is 2. The van der Waals surface area contributed by atoms with Gasteiger partial charge in [-0.15, -0.1) is 0 Å². The third-order valence-electron chi connectivity index (χ3n) is 3.46. The molecular formula is C19H21NO. The number of rotatable bonds is 5. The summed E-state index contributed by atoms with van der Waals surface area (Å²) in [7, 11) is 3.98. The van der Waals surface area contributed by atoms with Crippen molar-refractivity contribution in [3.63, 3.8) is 0 Å². The Labute approximate surface area is 126 Å². The molecule has 1 atom stereocenters. The van der Waals surface area contributed by atoms with E-state index in [1.165, 1.54) is 0 Å². The molecule has 0 radical (unpaired) electrons. The topological polar surface area (TPSA) is 20.3 Å². The van der Waals surface area contributed by atoms with Crippen molar-refractivity contribution < 1.29 is 4.79 Å². The second-order valence-electron chi connectivity index (χ2n) is 5.36. The highest BCUT2D eigenvalue weighted by Gasteiger charge is 2.12. The van der Waals surface area contributed by atoms with Crippen molar-refractivity contribution in [1.82, 2.24) is 0 Å². The molecule has 1 unspecified atom stereocenters. The van der Waals surface area contributed by atoms with Gasteiger partial charge in [-0.1, -0.05) is 49.4 Å². The molecule has 0 aromatic heterocycles. The number of hydrogen-bond donors (Lipinski definition) is 0. The first-order valence-electron chi connectivity index (χ1n) is 7.13. The van der Waals surface area contributed by atoms with Crippen LogP contribution in [0.15, 0.2) is 60.7 Å². The maximum Gasteiger partial charge on any atom is 0.169 e. The Hall–Kier alpha value is -2.35. The predicted molar refractivity (Wildman–Crippen MR) is 89.7 cm³/mol. The van der Waals surface area contributed by atoms with Gasteiger partial charge in [0.25, 0.3) is 0 Å². The van der Waals surface area contributed by atoms with Gasteiger partial charge in [0.05, 0.1) is 0 Å². The summed E-state index contributed by atoms with van der Waals surface area (Å²) in [5.41, 5.74) is 2.96. The lowest BCUT2D eigenvalue weighted by molar-refractivity contribution is 0.0953. The molecule has 0 amide bonds. The molecule has 2 rings (SSSR count). The van der Waals surface area contributed by atoms with Gasteiger partial charge in [0.1, 0.15) is 0 Å². The van der Waals surface area contributed by atoms with E-state index >= 15 is 0 Å². The molecule has 2 heteroatoms. The fourth-order valence-electron chi connectivity index (χ4n) is 2.09. The Morgan fingerprint density at radius 3 is 2.19 bits per heavy atom. The summed E-state index contributed by atoms with van der Waals surface area (Å²) < 4.78 is 0. The molecule has 0 spiro atoms. The fourth-order valence-corrected chi connectivity index (χ4v) is 2.09. The number of hydrogen-bond acceptors (Lipinski definition) is 2. The number of carbonyl (C=O) groups is 1. The predicted octanol–water partition coefficient (Wildman–Crippen LogP) is 4.28. The molecule has 0 saturated heterocycles. The second-order valence-corrected chi connectivity index (χ2v) is 5.36. The first-order valence-corrected chi connectivity index (χ1v) is 7.13. The summed E-state index contributed by atoms with van der Waals surface area (Å²) in [5, 5.41) is 0. The zero-order valence-electron chi connectivity index (χ0n) is 12.8. The summed E-state index contributed by atoms with van der Waals surface area (Å²) in [5.74, 6) is 0.0166. The van der Waals surface area contributed by atoms with Gasteiger partial charge in [0.15, 0.2) is 5.78 Å². The number of ketones is 1. The highest BCUT2D eigenvalue weighted by atomic mass is 16.1. The van der Waals surface area contributed by atoms with Gasteiger partial charge in [0, 0.05) is 31.3 Å². The Bertz CT molecular complexity index is 612. The van der Waals surface area contributed by atoms with E-state index in [2.05, 4.69) is 0 Å². The standard InChI is InChI=1S/C19H21NO/c1-15(9-10-16-7-5-4-6-8-16)19(21)17-11-13-18(14-12-17)20(2)3/h4-15H,1-3H3/b10-9+. The minimum absolute atomic E-state index is 0.129. The van der Waals surface area contributed by atoms with Crippen LogP contribution in [0.1, 0.15) is 22.8 Å². The summed E-state index contributed by atoms with van der Waals surface area (Å²) in [6, 6.07) is 17.8. The van der Waals surface area contributed by atoms with Gasteiger partial charge in [-0.25, -0.2) is 0 Å². The van der Waals surface area contributed by atoms with E-state index in [9.17, 15) is 4.79 Å². The first kappa shape index (κ1) is 15.0. The van der Waals surface area contributed by atoms with Gasteiger partial charge in [-0.2, -0.15) is 0 Å². The Morgan fingerprint density at radius 2 is 1.62 bits per heavy atom. The summed E-state index contributed by atoms with van der Waals surface area (Å²) in [6.07, 6.45) is 3.95. The van der Waals surface area contributed by atoms with Crippen LogP contribution in [0.25, 0.3) is 6.08 Å². The van der Waals surface area contributed by atoms with Gasteiger partial charge in [-0.3, -0.25) is 4.79 Å². The monoisotopic (exact) mass is 279 g/mol. The summed E-state index contributed by atoms with van der Waals surface area (Å²) in [6.45, 7) is 1.93. The summed E-state index contributed by atoms with van der Waals surface area (Å²) >= 11 is 0. The fraction of sp³-hybridized carbons (Fsp3) is 0.211.